The van der Waals surface area contributed by atoms with E-state index in [0.29, 0.717) is 0 Å². The van der Waals surface area contributed by atoms with Gasteiger partial charge in [-0.05, 0) is 59.3 Å². The van der Waals surface area contributed by atoms with Crippen LogP contribution in [0.3, 0.4) is 0 Å². The summed E-state index contributed by atoms with van der Waals surface area (Å²) in [5.74, 6) is 0. The largest absolute Gasteiger partial charge is 0.309 e. The third-order valence-corrected chi connectivity index (χ3v) is 8.54. The maximum absolute atomic E-state index is 5.11. The molecule has 0 N–H and O–H groups in total. The van der Waals surface area contributed by atoms with Crippen LogP contribution in [0.4, 0.5) is 0 Å². The molecule has 0 atom stereocenters. The molecule has 9 aromatic rings. The van der Waals surface area contributed by atoms with Crippen LogP contribution < -0.4 is 0 Å². The van der Waals surface area contributed by atoms with E-state index in [2.05, 4.69) is 155 Å². The van der Waals surface area contributed by atoms with Gasteiger partial charge in [-0.1, -0.05) is 97.1 Å². The van der Waals surface area contributed by atoms with E-state index < -0.39 is 0 Å². The van der Waals surface area contributed by atoms with Crippen molar-refractivity contribution in [3.63, 3.8) is 0 Å². The van der Waals surface area contributed by atoms with E-state index in [4.69, 9.17) is 4.98 Å². The predicted molar refractivity (Wildman–Crippen MR) is 176 cm³/mol. The molecule has 0 amide bonds. The minimum Gasteiger partial charge on any atom is -0.309 e. The number of rotatable bonds is 3. The Bertz CT molecular complexity index is 2460. The maximum Gasteiger partial charge on any atom is 0.0955 e. The van der Waals surface area contributed by atoms with Crippen LogP contribution in [0.15, 0.2) is 152 Å². The first-order valence-electron chi connectivity index (χ1n) is 14.3. The summed E-state index contributed by atoms with van der Waals surface area (Å²) >= 11 is 0. The van der Waals surface area contributed by atoms with Gasteiger partial charge in [0, 0.05) is 44.7 Å². The summed E-state index contributed by atoms with van der Waals surface area (Å²) in [6, 6.07) is 52.1. The standard InChI is InChI=1S/C39H25N3/c1-2-13-28(14-3-1)42-34-18-8-6-15-30(34)31-23-24-40-38(39(31)42)33-17-10-20-36-37(33)32-16-7-9-19-35(32)41(36)29-22-21-26-11-4-5-12-27(26)25-29/h1-25H. The predicted octanol–water partition coefficient (Wildman–Crippen LogP) is 10.1. The van der Waals surface area contributed by atoms with Gasteiger partial charge in [-0.15, -0.1) is 0 Å². The lowest BCUT2D eigenvalue weighted by molar-refractivity contribution is 1.17. The van der Waals surface area contributed by atoms with Crippen molar-refractivity contribution in [3.8, 4) is 22.6 Å². The summed E-state index contributed by atoms with van der Waals surface area (Å²) in [6.45, 7) is 0. The van der Waals surface area contributed by atoms with E-state index in [0.717, 1.165) is 28.1 Å². The van der Waals surface area contributed by atoms with Gasteiger partial charge in [0.2, 0.25) is 0 Å². The monoisotopic (exact) mass is 535 g/mol. The second kappa shape index (κ2) is 8.92. The number of hydrogen-bond acceptors (Lipinski definition) is 1. The zero-order chi connectivity index (χ0) is 27.6. The van der Waals surface area contributed by atoms with Crippen LogP contribution in [-0.2, 0) is 0 Å². The summed E-state index contributed by atoms with van der Waals surface area (Å²) < 4.78 is 4.77. The molecular formula is C39H25N3. The fourth-order valence-corrected chi connectivity index (χ4v) is 6.77. The molecular weight excluding hydrogens is 510 g/mol. The van der Waals surface area contributed by atoms with Gasteiger partial charge in [-0.3, -0.25) is 4.98 Å². The van der Waals surface area contributed by atoms with Gasteiger partial charge in [0.1, 0.15) is 0 Å². The number of fused-ring (bicyclic) bond motifs is 7. The summed E-state index contributed by atoms with van der Waals surface area (Å²) in [7, 11) is 0. The smallest absolute Gasteiger partial charge is 0.0955 e. The van der Waals surface area contributed by atoms with Crippen LogP contribution in [0, 0.1) is 0 Å². The first-order valence-corrected chi connectivity index (χ1v) is 14.3. The second-order valence-corrected chi connectivity index (χ2v) is 10.8. The molecule has 0 bridgehead atoms. The van der Waals surface area contributed by atoms with E-state index in [1.807, 2.05) is 6.20 Å². The number of pyridine rings is 1. The van der Waals surface area contributed by atoms with E-state index >= 15 is 0 Å². The van der Waals surface area contributed by atoms with Gasteiger partial charge in [0.25, 0.3) is 0 Å². The summed E-state index contributed by atoms with van der Waals surface area (Å²) in [5, 5.41) is 7.34. The summed E-state index contributed by atoms with van der Waals surface area (Å²) in [6.07, 6.45) is 1.96. The SMILES string of the molecule is c1ccc(-n2c3ccccc3c3ccnc(-c4cccc5c4c4ccccc4n5-c4ccc5ccccc5c4)c32)cc1. The molecule has 0 saturated heterocycles. The molecule has 9 rings (SSSR count). The molecule has 3 heteroatoms. The molecule has 0 aliphatic carbocycles. The highest BCUT2D eigenvalue weighted by atomic mass is 15.0. The molecule has 196 valence electrons. The van der Waals surface area contributed by atoms with Crippen LogP contribution in [-0.4, -0.2) is 14.1 Å². The Balaban J connectivity index is 1.41. The minimum atomic E-state index is 0.986. The van der Waals surface area contributed by atoms with Crippen molar-refractivity contribution < 1.29 is 0 Å². The number of para-hydroxylation sites is 3. The Hall–Kier alpha value is -5.67. The van der Waals surface area contributed by atoms with Gasteiger partial charge in [-0.25, -0.2) is 0 Å². The van der Waals surface area contributed by atoms with Gasteiger partial charge in [-0.2, -0.15) is 0 Å². The Morgan fingerprint density at radius 2 is 1.12 bits per heavy atom. The van der Waals surface area contributed by atoms with Gasteiger partial charge in [0.05, 0.1) is 27.8 Å². The lowest BCUT2D eigenvalue weighted by Gasteiger charge is -2.12. The molecule has 0 unspecified atom stereocenters. The number of hydrogen-bond donors (Lipinski definition) is 0. The first-order chi connectivity index (χ1) is 20.9. The Morgan fingerprint density at radius 3 is 1.98 bits per heavy atom. The highest BCUT2D eigenvalue weighted by Crippen LogP contribution is 2.42. The lowest BCUT2D eigenvalue weighted by Crippen LogP contribution is -1.97. The van der Waals surface area contributed by atoms with Crippen LogP contribution >= 0.6 is 0 Å². The summed E-state index contributed by atoms with van der Waals surface area (Å²) in [5.41, 5.74) is 9.06. The van der Waals surface area contributed by atoms with Crippen molar-refractivity contribution in [2.75, 3.05) is 0 Å². The molecule has 0 aliphatic rings. The molecule has 0 fully saturated rings. The molecule has 0 radical (unpaired) electrons. The van der Waals surface area contributed by atoms with E-state index in [1.165, 1.54) is 48.9 Å². The Labute approximate surface area is 242 Å². The third kappa shape index (κ3) is 3.25. The average Bonchev–Trinajstić information content (AvgIpc) is 3.58. The molecule has 0 saturated carbocycles. The fraction of sp³-hybridized carbons (Fsp3) is 0. The minimum absolute atomic E-state index is 0.986. The van der Waals surface area contributed by atoms with E-state index in [-0.39, 0.29) is 0 Å². The molecule has 6 aromatic carbocycles. The summed E-state index contributed by atoms with van der Waals surface area (Å²) in [4.78, 5) is 5.11. The molecule has 3 aromatic heterocycles. The second-order valence-electron chi connectivity index (χ2n) is 10.8. The Kier molecular flexibility index (Phi) is 4.90. The van der Waals surface area contributed by atoms with Crippen molar-refractivity contribution in [2.24, 2.45) is 0 Å². The molecule has 0 aliphatic heterocycles. The van der Waals surface area contributed by atoms with Gasteiger partial charge in [0.15, 0.2) is 0 Å². The van der Waals surface area contributed by atoms with Crippen molar-refractivity contribution in [1.29, 1.82) is 0 Å². The average molecular weight is 536 g/mol. The lowest BCUT2D eigenvalue weighted by atomic mass is 10.0. The normalized spacial score (nSPS) is 11.8. The van der Waals surface area contributed by atoms with Gasteiger partial charge >= 0.3 is 0 Å². The quantitative estimate of drug-likeness (QED) is 0.221. The van der Waals surface area contributed by atoms with Crippen LogP contribution in [0.2, 0.25) is 0 Å². The topological polar surface area (TPSA) is 22.8 Å². The van der Waals surface area contributed by atoms with E-state index in [1.54, 1.807) is 0 Å². The van der Waals surface area contributed by atoms with Crippen molar-refractivity contribution in [1.82, 2.24) is 14.1 Å². The third-order valence-electron chi connectivity index (χ3n) is 8.54. The zero-order valence-corrected chi connectivity index (χ0v) is 22.8. The number of benzene rings is 6. The fourth-order valence-electron chi connectivity index (χ4n) is 6.77. The Morgan fingerprint density at radius 1 is 0.429 bits per heavy atom. The number of nitrogens with zero attached hydrogens (tertiary/aromatic N) is 3. The first kappa shape index (κ1) is 23.1. The molecule has 42 heavy (non-hydrogen) atoms. The number of aromatic nitrogens is 3. The van der Waals surface area contributed by atoms with Crippen LogP contribution in [0.5, 0.6) is 0 Å². The van der Waals surface area contributed by atoms with Crippen LogP contribution in [0.1, 0.15) is 0 Å². The van der Waals surface area contributed by atoms with E-state index in [9.17, 15) is 0 Å². The zero-order valence-electron chi connectivity index (χ0n) is 22.8. The maximum atomic E-state index is 5.11. The van der Waals surface area contributed by atoms with Crippen molar-refractivity contribution in [3.05, 3.63) is 152 Å². The van der Waals surface area contributed by atoms with Crippen LogP contribution in [0.25, 0.3) is 77.0 Å². The van der Waals surface area contributed by atoms with Crippen molar-refractivity contribution >= 4 is 54.4 Å². The van der Waals surface area contributed by atoms with Gasteiger partial charge < -0.3 is 9.13 Å². The molecule has 3 nitrogen and oxygen atoms in total. The molecule has 3 heterocycles. The molecule has 0 spiro atoms. The highest BCUT2D eigenvalue weighted by Gasteiger charge is 2.21. The van der Waals surface area contributed by atoms with Crippen molar-refractivity contribution in [2.45, 2.75) is 0 Å². The highest BCUT2D eigenvalue weighted by molar-refractivity contribution is 6.20.